The van der Waals surface area contributed by atoms with Gasteiger partial charge in [0, 0.05) is 18.9 Å². The van der Waals surface area contributed by atoms with E-state index >= 15 is 0 Å². The van der Waals surface area contributed by atoms with Crippen LogP contribution in [0.2, 0.25) is 0 Å². The van der Waals surface area contributed by atoms with Gasteiger partial charge in [-0.3, -0.25) is 4.40 Å². The summed E-state index contributed by atoms with van der Waals surface area (Å²) in [5.41, 5.74) is 0.822. The molecule has 2 fully saturated rings. The molecular formula is C13H17N5. The highest BCUT2D eigenvalue weighted by Gasteiger charge is 2.41. The summed E-state index contributed by atoms with van der Waals surface area (Å²) in [6.45, 7) is 1.04. The van der Waals surface area contributed by atoms with Crippen LogP contribution in [0.15, 0.2) is 18.7 Å². The molecule has 0 saturated heterocycles. The fourth-order valence-corrected chi connectivity index (χ4v) is 2.86. The van der Waals surface area contributed by atoms with Crippen molar-refractivity contribution in [2.45, 2.75) is 25.7 Å². The summed E-state index contributed by atoms with van der Waals surface area (Å²) in [4.78, 5) is 4.38. The molecule has 2 aromatic rings. The molecule has 0 spiro atoms. The number of hydrogen-bond acceptors (Lipinski definition) is 4. The standard InChI is InChI=1S/C13H17N5/c1-2-9(1)11(10-3-4-10)7-15-12-13-17-16-8-18(13)6-5-14-12/h5-6,8-11H,1-4,7H2,(H,14,15). The molecule has 2 aromatic heterocycles. The number of hydrogen-bond donors (Lipinski definition) is 1. The number of nitrogens with zero attached hydrogens (tertiary/aromatic N) is 4. The predicted octanol–water partition coefficient (Wildman–Crippen LogP) is 1.97. The van der Waals surface area contributed by atoms with Crippen LogP contribution in [0.4, 0.5) is 5.82 Å². The second-order valence-electron chi connectivity index (χ2n) is 5.56. The SMILES string of the molecule is c1cn2cnnc2c(NCC(C2CC2)C2CC2)n1. The highest BCUT2D eigenvalue weighted by Crippen LogP contribution is 2.49. The van der Waals surface area contributed by atoms with Crippen molar-refractivity contribution in [3.63, 3.8) is 0 Å². The van der Waals surface area contributed by atoms with Crippen LogP contribution in [0.25, 0.3) is 5.65 Å². The molecule has 0 aromatic carbocycles. The van der Waals surface area contributed by atoms with E-state index in [1.807, 2.05) is 10.6 Å². The van der Waals surface area contributed by atoms with Crippen molar-refractivity contribution < 1.29 is 0 Å². The van der Waals surface area contributed by atoms with Gasteiger partial charge in [0.2, 0.25) is 5.65 Å². The first-order valence-corrected chi connectivity index (χ1v) is 6.80. The zero-order chi connectivity index (χ0) is 11.9. The summed E-state index contributed by atoms with van der Waals surface area (Å²) in [6, 6.07) is 0. The highest BCUT2D eigenvalue weighted by atomic mass is 15.2. The molecule has 94 valence electrons. The Balaban J connectivity index is 1.51. The van der Waals surface area contributed by atoms with Crippen LogP contribution >= 0.6 is 0 Å². The lowest BCUT2D eigenvalue weighted by Gasteiger charge is -2.16. The summed E-state index contributed by atoms with van der Waals surface area (Å²) in [7, 11) is 0. The van der Waals surface area contributed by atoms with E-state index in [1.165, 1.54) is 25.7 Å². The molecule has 2 heterocycles. The molecule has 4 rings (SSSR count). The molecule has 0 bridgehead atoms. The Kier molecular flexibility index (Phi) is 2.25. The second kappa shape index (κ2) is 3.93. The van der Waals surface area contributed by atoms with Crippen LogP contribution in [0, 0.1) is 17.8 Å². The van der Waals surface area contributed by atoms with Gasteiger partial charge in [0.1, 0.15) is 6.33 Å². The van der Waals surface area contributed by atoms with E-state index in [0.717, 1.165) is 35.8 Å². The van der Waals surface area contributed by atoms with Crippen molar-refractivity contribution in [1.82, 2.24) is 19.6 Å². The third-order valence-electron chi connectivity index (χ3n) is 4.18. The largest absolute Gasteiger partial charge is 0.367 e. The van der Waals surface area contributed by atoms with Gasteiger partial charge in [0.05, 0.1) is 0 Å². The summed E-state index contributed by atoms with van der Waals surface area (Å²) < 4.78 is 1.90. The van der Waals surface area contributed by atoms with Crippen LogP contribution in [-0.2, 0) is 0 Å². The normalized spacial score (nSPS) is 19.6. The highest BCUT2D eigenvalue weighted by molar-refractivity contribution is 5.61. The van der Waals surface area contributed by atoms with Gasteiger partial charge in [-0.1, -0.05) is 0 Å². The number of aromatic nitrogens is 4. The van der Waals surface area contributed by atoms with Gasteiger partial charge in [-0.25, -0.2) is 4.98 Å². The minimum Gasteiger partial charge on any atom is -0.367 e. The number of anilines is 1. The third-order valence-corrected chi connectivity index (χ3v) is 4.18. The zero-order valence-electron chi connectivity index (χ0n) is 10.3. The Morgan fingerprint density at radius 2 is 2.06 bits per heavy atom. The topological polar surface area (TPSA) is 55.1 Å². The molecule has 0 amide bonds. The van der Waals surface area contributed by atoms with Gasteiger partial charge in [-0.05, 0) is 43.4 Å². The van der Waals surface area contributed by atoms with Crippen molar-refractivity contribution in [3.8, 4) is 0 Å². The number of rotatable bonds is 5. The van der Waals surface area contributed by atoms with Gasteiger partial charge in [0.15, 0.2) is 5.82 Å². The molecule has 2 aliphatic rings. The molecule has 2 saturated carbocycles. The van der Waals surface area contributed by atoms with Crippen molar-refractivity contribution in [3.05, 3.63) is 18.7 Å². The second-order valence-corrected chi connectivity index (χ2v) is 5.56. The van der Waals surface area contributed by atoms with Gasteiger partial charge >= 0.3 is 0 Å². The number of fused-ring (bicyclic) bond motifs is 1. The minimum absolute atomic E-state index is 0.822. The average molecular weight is 243 g/mol. The molecule has 18 heavy (non-hydrogen) atoms. The summed E-state index contributed by atoms with van der Waals surface area (Å²) in [5, 5.41) is 11.5. The zero-order valence-corrected chi connectivity index (χ0v) is 10.3. The van der Waals surface area contributed by atoms with Crippen molar-refractivity contribution in [1.29, 1.82) is 0 Å². The van der Waals surface area contributed by atoms with E-state index in [9.17, 15) is 0 Å². The van der Waals surface area contributed by atoms with Crippen molar-refractivity contribution >= 4 is 11.5 Å². The molecule has 0 aliphatic heterocycles. The maximum atomic E-state index is 4.38. The van der Waals surface area contributed by atoms with Gasteiger partial charge in [-0.2, -0.15) is 0 Å². The molecule has 0 atom stereocenters. The van der Waals surface area contributed by atoms with Crippen LogP contribution < -0.4 is 5.32 Å². The van der Waals surface area contributed by atoms with E-state index in [-0.39, 0.29) is 0 Å². The lowest BCUT2D eigenvalue weighted by molar-refractivity contribution is 0.428. The van der Waals surface area contributed by atoms with E-state index < -0.39 is 0 Å². The van der Waals surface area contributed by atoms with E-state index in [0.29, 0.717) is 0 Å². The van der Waals surface area contributed by atoms with Gasteiger partial charge in [-0.15, -0.1) is 10.2 Å². The van der Waals surface area contributed by atoms with Crippen LogP contribution in [0.1, 0.15) is 25.7 Å². The van der Waals surface area contributed by atoms with Crippen LogP contribution in [0.3, 0.4) is 0 Å². The molecular weight excluding hydrogens is 226 g/mol. The Morgan fingerprint density at radius 3 is 2.78 bits per heavy atom. The minimum atomic E-state index is 0.822. The Labute approximate surface area is 106 Å². The maximum Gasteiger partial charge on any atom is 0.203 e. The first-order valence-electron chi connectivity index (χ1n) is 6.80. The molecule has 1 N–H and O–H groups in total. The van der Waals surface area contributed by atoms with E-state index in [4.69, 9.17) is 0 Å². The summed E-state index contributed by atoms with van der Waals surface area (Å²) in [6.07, 6.45) is 11.1. The maximum absolute atomic E-state index is 4.38. The average Bonchev–Trinajstić information content (AvgIpc) is 3.30. The number of nitrogens with one attached hydrogen (secondary N) is 1. The molecule has 0 radical (unpaired) electrons. The first-order chi connectivity index (χ1) is 8.92. The summed E-state index contributed by atoms with van der Waals surface area (Å²) in [5.74, 6) is 3.63. The van der Waals surface area contributed by atoms with Crippen LogP contribution in [0.5, 0.6) is 0 Å². The third kappa shape index (κ3) is 1.83. The molecule has 2 aliphatic carbocycles. The lowest BCUT2D eigenvalue weighted by Crippen LogP contribution is -2.19. The lowest BCUT2D eigenvalue weighted by atomic mass is 9.98. The van der Waals surface area contributed by atoms with Crippen molar-refractivity contribution in [2.24, 2.45) is 17.8 Å². The van der Waals surface area contributed by atoms with Gasteiger partial charge in [0.25, 0.3) is 0 Å². The smallest absolute Gasteiger partial charge is 0.203 e. The summed E-state index contributed by atoms with van der Waals surface area (Å²) >= 11 is 0. The Morgan fingerprint density at radius 1 is 1.28 bits per heavy atom. The monoisotopic (exact) mass is 243 g/mol. The van der Waals surface area contributed by atoms with Crippen molar-refractivity contribution in [2.75, 3.05) is 11.9 Å². The van der Waals surface area contributed by atoms with Gasteiger partial charge < -0.3 is 5.32 Å². The Hall–Kier alpha value is -1.65. The van der Waals surface area contributed by atoms with Crippen LogP contribution in [-0.4, -0.2) is 26.1 Å². The Bertz CT molecular complexity index is 543. The molecule has 0 unspecified atom stereocenters. The quantitative estimate of drug-likeness (QED) is 0.872. The molecule has 5 heteroatoms. The fourth-order valence-electron chi connectivity index (χ4n) is 2.86. The fraction of sp³-hybridized carbons (Fsp3) is 0.615. The predicted molar refractivity (Wildman–Crippen MR) is 68.2 cm³/mol. The first kappa shape index (κ1) is 10.3. The van der Waals surface area contributed by atoms with E-state index in [2.05, 4.69) is 20.5 Å². The molecule has 5 nitrogen and oxygen atoms in total. The van der Waals surface area contributed by atoms with E-state index in [1.54, 1.807) is 12.5 Å².